The SMILES string of the molecule is Nc1ccnc(N2CCc3nc(C(=O)N4C[C@H]5CCC[C@H]5C4)cn3CC2)n1. The summed E-state index contributed by atoms with van der Waals surface area (Å²) in [5.41, 5.74) is 6.37. The molecule has 1 saturated carbocycles. The third kappa shape index (κ3) is 3.02. The third-order valence-electron chi connectivity index (χ3n) is 6.26. The quantitative estimate of drug-likeness (QED) is 0.857. The van der Waals surface area contributed by atoms with Crippen molar-refractivity contribution in [3.63, 3.8) is 0 Å². The molecule has 3 aliphatic rings. The normalized spacial score (nSPS) is 24.6. The lowest BCUT2D eigenvalue weighted by molar-refractivity contribution is 0.0775. The Morgan fingerprint density at radius 1 is 1.11 bits per heavy atom. The standard InChI is InChI=1S/C19H25N7O/c20-16-4-6-21-19(23-16)24-7-5-17-22-15(12-25(17)9-8-24)18(27)26-10-13-2-1-3-14(13)11-26/h4,6,12-14H,1-3,5,7-11H2,(H2,20,21,23)/t13-,14+. The van der Waals surface area contributed by atoms with Crippen molar-refractivity contribution in [1.82, 2.24) is 24.4 Å². The van der Waals surface area contributed by atoms with Crippen LogP contribution in [0.25, 0.3) is 0 Å². The van der Waals surface area contributed by atoms with Gasteiger partial charge in [-0.25, -0.2) is 9.97 Å². The maximum atomic E-state index is 12.9. The zero-order valence-electron chi connectivity index (χ0n) is 15.4. The maximum Gasteiger partial charge on any atom is 0.274 e. The molecule has 1 aliphatic carbocycles. The number of hydrogen-bond donors (Lipinski definition) is 1. The van der Waals surface area contributed by atoms with Crippen LogP contribution < -0.4 is 10.6 Å². The van der Waals surface area contributed by atoms with E-state index in [4.69, 9.17) is 5.73 Å². The second kappa shape index (κ2) is 6.51. The van der Waals surface area contributed by atoms with E-state index in [1.54, 1.807) is 12.3 Å². The fraction of sp³-hybridized carbons (Fsp3) is 0.579. The number of nitrogen functional groups attached to an aromatic ring is 1. The molecule has 2 aromatic rings. The molecule has 0 radical (unpaired) electrons. The van der Waals surface area contributed by atoms with Gasteiger partial charge in [0.25, 0.3) is 5.91 Å². The van der Waals surface area contributed by atoms with E-state index in [1.165, 1.54) is 19.3 Å². The number of anilines is 2. The first kappa shape index (κ1) is 16.5. The summed E-state index contributed by atoms with van der Waals surface area (Å²) in [4.78, 5) is 30.4. The Balaban J connectivity index is 1.28. The summed E-state index contributed by atoms with van der Waals surface area (Å²) in [7, 11) is 0. The largest absolute Gasteiger partial charge is 0.384 e. The third-order valence-corrected chi connectivity index (χ3v) is 6.26. The van der Waals surface area contributed by atoms with Crippen molar-refractivity contribution in [3.05, 3.63) is 30.0 Å². The first-order valence-electron chi connectivity index (χ1n) is 9.86. The van der Waals surface area contributed by atoms with Crippen molar-refractivity contribution in [1.29, 1.82) is 0 Å². The van der Waals surface area contributed by atoms with Crippen LogP contribution in [0, 0.1) is 11.8 Å². The molecule has 142 valence electrons. The molecule has 4 heterocycles. The molecule has 2 aromatic heterocycles. The van der Waals surface area contributed by atoms with E-state index in [1.807, 2.05) is 11.1 Å². The number of hydrogen-bond acceptors (Lipinski definition) is 6. The van der Waals surface area contributed by atoms with Gasteiger partial charge in [-0.3, -0.25) is 4.79 Å². The van der Waals surface area contributed by atoms with Crippen molar-refractivity contribution in [2.24, 2.45) is 11.8 Å². The number of imidazole rings is 1. The fourth-order valence-corrected chi connectivity index (χ4v) is 4.80. The minimum Gasteiger partial charge on any atom is -0.384 e. The number of nitrogens with zero attached hydrogens (tertiary/aromatic N) is 6. The number of fused-ring (bicyclic) bond motifs is 2. The van der Waals surface area contributed by atoms with Gasteiger partial charge in [0.05, 0.1) is 0 Å². The smallest absolute Gasteiger partial charge is 0.274 e. The van der Waals surface area contributed by atoms with E-state index in [9.17, 15) is 4.79 Å². The molecule has 2 fully saturated rings. The number of rotatable bonds is 2. The molecule has 8 nitrogen and oxygen atoms in total. The molecule has 5 rings (SSSR count). The van der Waals surface area contributed by atoms with Crippen molar-refractivity contribution >= 4 is 17.7 Å². The van der Waals surface area contributed by atoms with Gasteiger partial charge in [-0.15, -0.1) is 0 Å². The minimum absolute atomic E-state index is 0.0981. The molecule has 0 spiro atoms. The van der Waals surface area contributed by atoms with Crippen molar-refractivity contribution in [2.75, 3.05) is 36.8 Å². The van der Waals surface area contributed by atoms with E-state index in [0.717, 1.165) is 45.0 Å². The lowest BCUT2D eigenvalue weighted by Crippen LogP contribution is -2.30. The Morgan fingerprint density at radius 2 is 1.93 bits per heavy atom. The molecule has 0 aromatic carbocycles. The number of nitrogens with two attached hydrogens (primary N) is 1. The van der Waals surface area contributed by atoms with Crippen LogP contribution in [0.3, 0.4) is 0 Å². The predicted octanol–water partition coefficient (Wildman–Crippen LogP) is 1.19. The van der Waals surface area contributed by atoms with Crippen molar-refractivity contribution in [2.45, 2.75) is 32.2 Å². The Kier molecular flexibility index (Phi) is 3.98. The zero-order chi connectivity index (χ0) is 18.4. The number of amides is 1. The van der Waals surface area contributed by atoms with E-state index in [2.05, 4.69) is 24.4 Å². The Bertz CT molecular complexity index is 826. The summed E-state index contributed by atoms with van der Waals surface area (Å²) in [5, 5.41) is 0. The molecule has 0 bridgehead atoms. The molecule has 2 N–H and O–H groups in total. The topological polar surface area (TPSA) is 93.2 Å². The highest BCUT2D eigenvalue weighted by atomic mass is 16.2. The summed E-state index contributed by atoms with van der Waals surface area (Å²) >= 11 is 0. The first-order chi connectivity index (χ1) is 13.2. The van der Waals surface area contributed by atoms with Crippen LogP contribution >= 0.6 is 0 Å². The maximum absolute atomic E-state index is 12.9. The van der Waals surface area contributed by atoms with Gasteiger partial charge in [0.15, 0.2) is 0 Å². The van der Waals surface area contributed by atoms with Gasteiger partial charge in [0.2, 0.25) is 5.95 Å². The molecule has 27 heavy (non-hydrogen) atoms. The van der Waals surface area contributed by atoms with Gasteiger partial charge in [-0.05, 0) is 30.7 Å². The van der Waals surface area contributed by atoms with E-state index in [-0.39, 0.29) is 5.91 Å². The van der Waals surface area contributed by atoms with E-state index >= 15 is 0 Å². The Labute approximate surface area is 158 Å². The highest BCUT2D eigenvalue weighted by Gasteiger charge is 2.38. The molecule has 1 amide bonds. The van der Waals surface area contributed by atoms with Gasteiger partial charge < -0.3 is 20.1 Å². The Morgan fingerprint density at radius 3 is 2.70 bits per heavy atom. The zero-order valence-corrected chi connectivity index (χ0v) is 15.4. The van der Waals surface area contributed by atoms with E-state index in [0.29, 0.717) is 29.3 Å². The number of carbonyl (C=O) groups is 1. The average Bonchev–Trinajstić information content (AvgIpc) is 3.33. The molecule has 2 atom stereocenters. The summed E-state index contributed by atoms with van der Waals surface area (Å²) in [6.45, 7) is 4.12. The second-order valence-electron chi connectivity index (χ2n) is 7.92. The summed E-state index contributed by atoms with van der Waals surface area (Å²) in [6, 6.07) is 1.69. The first-order valence-corrected chi connectivity index (χ1v) is 9.86. The molecule has 1 saturated heterocycles. The van der Waals surface area contributed by atoms with Gasteiger partial charge in [-0.1, -0.05) is 6.42 Å². The average molecular weight is 367 g/mol. The van der Waals surface area contributed by atoms with Crippen LogP contribution in [0.15, 0.2) is 18.5 Å². The number of carbonyl (C=O) groups excluding carboxylic acids is 1. The van der Waals surface area contributed by atoms with Gasteiger partial charge in [-0.2, -0.15) is 4.98 Å². The minimum atomic E-state index is 0.0981. The van der Waals surface area contributed by atoms with Gasteiger partial charge in [0, 0.05) is 51.5 Å². The van der Waals surface area contributed by atoms with Crippen LogP contribution in [-0.4, -0.2) is 56.5 Å². The lowest BCUT2D eigenvalue weighted by atomic mass is 10.0. The fourth-order valence-electron chi connectivity index (χ4n) is 4.80. The number of likely N-dealkylation sites (tertiary alicyclic amines) is 1. The second-order valence-corrected chi connectivity index (χ2v) is 7.92. The van der Waals surface area contributed by atoms with Crippen LogP contribution in [0.5, 0.6) is 0 Å². The van der Waals surface area contributed by atoms with Crippen LogP contribution in [0.1, 0.15) is 35.6 Å². The van der Waals surface area contributed by atoms with Crippen LogP contribution in [0.4, 0.5) is 11.8 Å². The highest BCUT2D eigenvalue weighted by molar-refractivity contribution is 5.92. The highest BCUT2D eigenvalue weighted by Crippen LogP contribution is 2.38. The van der Waals surface area contributed by atoms with Crippen molar-refractivity contribution in [3.8, 4) is 0 Å². The Hall–Kier alpha value is -2.64. The van der Waals surface area contributed by atoms with Crippen molar-refractivity contribution < 1.29 is 4.79 Å². The molecule has 2 aliphatic heterocycles. The summed E-state index contributed by atoms with van der Waals surface area (Å²) in [6.07, 6.45) is 8.24. The molecule has 0 unspecified atom stereocenters. The number of aromatic nitrogens is 4. The lowest BCUT2D eigenvalue weighted by Gasteiger charge is -2.19. The van der Waals surface area contributed by atoms with E-state index < -0.39 is 0 Å². The van der Waals surface area contributed by atoms with Crippen LogP contribution in [-0.2, 0) is 13.0 Å². The van der Waals surface area contributed by atoms with Crippen LogP contribution in [0.2, 0.25) is 0 Å². The summed E-state index contributed by atoms with van der Waals surface area (Å²) < 4.78 is 2.11. The van der Waals surface area contributed by atoms with Gasteiger partial charge >= 0.3 is 0 Å². The van der Waals surface area contributed by atoms with Gasteiger partial charge in [0.1, 0.15) is 17.3 Å². The predicted molar refractivity (Wildman–Crippen MR) is 101 cm³/mol. The molecular weight excluding hydrogens is 342 g/mol. The molecule has 8 heteroatoms. The summed E-state index contributed by atoms with van der Waals surface area (Å²) in [5.74, 6) is 3.61. The molecular formula is C19H25N7O. The monoisotopic (exact) mass is 367 g/mol.